The third kappa shape index (κ3) is 2.43. The molecule has 1 N–H and O–H groups in total. The third-order valence-corrected chi connectivity index (χ3v) is 4.55. The number of benzene rings is 1. The van der Waals surface area contributed by atoms with Gasteiger partial charge in [0.05, 0.1) is 0 Å². The van der Waals surface area contributed by atoms with Crippen molar-refractivity contribution < 1.29 is 0 Å². The number of halogens is 1. The lowest BCUT2D eigenvalue weighted by molar-refractivity contribution is 0.429. The van der Waals surface area contributed by atoms with Crippen LogP contribution in [0.1, 0.15) is 43.8 Å². The number of aromatic amines is 1. The van der Waals surface area contributed by atoms with Gasteiger partial charge in [-0.1, -0.05) is 37.5 Å². The van der Waals surface area contributed by atoms with Gasteiger partial charge in [0, 0.05) is 15.1 Å². The Morgan fingerprint density at radius 1 is 1.11 bits per heavy atom. The highest BCUT2D eigenvalue weighted by Crippen LogP contribution is 2.31. The summed E-state index contributed by atoms with van der Waals surface area (Å²) in [5.41, 5.74) is 1.12. The Kier molecular flexibility index (Phi) is 3.63. The zero-order chi connectivity index (χ0) is 12.4. The summed E-state index contributed by atoms with van der Waals surface area (Å²) in [6.07, 6.45) is 6.52. The molecule has 0 aliphatic heterocycles. The van der Waals surface area contributed by atoms with Gasteiger partial charge in [-0.2, -0.15) is 5.10 Å². The van der Waals surface area contributed by atoms with Crippen LogP contribution in [0, 0.1) is 3.57 Å². The molecule has 0 spiro atoms. The molecule has 0 unspecified atom stereocenters. The van der Waals surface area contributed by atoms with Crippen molar-refractivity contribution in [3.05, 3.63) is 33.7 Å². The lowest BCUT2D eigenvalue weighted by Crippen LogP contribution is -2.06. The normalized spacial score (nSPS) is 16.9. The molecule has 1 aromatic heterocycles. The second-order valence-corrected chi connectivity index (χ2v) is 6.02. The van der Waals surface area contributed by atoms with Crippen molar-refractivity contribution in [3.8, 4) is 11.4 Å². The highest BCUT2D eigenvalue weighted by Gasteiger charge is 2.19. The Hall–Kier alpha value is -0.910. The molecule has 1 aromatic carbocycles. The third-order valence-electron chi connectivity index (χ3n) is 3.61. The number of rotatable bonds is 2. The van der Waals surface area contributed by atoms with Crippen molar-refractivity contribution >= 4 is 22.6 Å². The van der Waals surface area contributed by atoms with Crippen LogP contribution in [0.3, 0.4) is 0 Å². The van der Waals surface area contributed by atoms with Gasteiger partial charge < -0.3 is 0 Å². The van der Waals surface area contributed by atoms with Gasteiger partial charge in [-0.15, -0.1) is 0 Å². The van der Waals surface area contributed by atoms with Crippen LogP contribution in [0.4, 0.5) is 0 Å². The molecule has 3 rings (SSSR count). The maximum Gasteiger partial charge on any atom is 0.182 e. The molecule has 0 amide bonds. The zero-order valence-corrected chi connectivity index (χ0v) is 12.4. The summed E-state index contributed by atoms with van der Waals surface area (Å²) in [5.74, 6) is 2.49. The van der Waals surface area contributed by atoms with Gasteiger partial charge in [0.2, 0.25) is 0 Å². The molecule has 0 bridgehead atoms. The molecule has 94 valence electrons. The van der Waals surface area contributed by atoms with Crippen LogP contribution in [0.15, 0.2) is 24.3 Å². The van der Waals surface area contributed by atoms with Crippen molar-refractivity contribution in [3.63, 3.8) is 0 Å². The minimum atomic E-state index is 0.585. The predicted octanol–water partition coefficient (Wildman–Crippen LogP) is 4.12. The maximum absolute atomic E-state index is 4.69. The van der Waals surface area contributed by atoms with E-state index in [1.807, 2.05) is 12.1 Å². The van der Waals surface area contributed by atoms with E-state index in [4.69, 9.17) is 4.98 Å². The van der Waals surface area contributed by atoms with Crippen molar-refractivity contribution in [2.45, 2.75) is 38.0 Å². The number of hydrogen-bond acceptors (Lipinski definition) is 2. The van der Waals surface area contributed by atoms with Crippen molar-refractivity contribution in [1.82, 2.24) is 15.2 Å². The molecule has 1 aliphatic carbocycles. The van der Waals surface area contributed by atoms with E-state index >= 15 is 0 Å². The molecule has 2 aromatic rings. The average molecular weight is 353 g/mol. The first-order valence-electron chi connectivity index (χ1n) is 6.52. The van der Waals surface area contributed by atoms with Crippen LogP contribution in [0.25, 0.3) is 11.4 Å². The van der Waals surface area contributed by atoms with E-state index < -0.39 is 0 Å². The van der Waals surface area contributed by atoms with Crippen LogP contribution in [-0.2, 0) is 0 Å². The van der Waals surface area contributed by atoms with Gasteiger partial charge in [-0.25, -0.2) is 4.98 Å². The standard InChI is InChI=1S/C14H16IN3/c15-12-9-5-4-8-11(12)14-16-13(17-18-14)10-6-2-1-3-7-10/h4-5,8-10H,1-3,6-7H2,(H,16,17,18). The van der Waals surface area contributed by atoms with Crippen molar-refractivity contribution in [1.29, 1.82) is 0 Å². The van der Waals surface area contributed by atoms with E-state index in [1.54, 1.807) is 0 Å². The number of nitrogens with one attached hydrogen (secondary N) is 1. The Morgan fingerprint density at radius 3 is 2.67 bits per heavy atom. The Bertz CT molecular complexity index is 529. The fourth-order valence-corrected chi connectivity index (χ4v) is 3.22. The zero-order valence-electron chi connectivity index (χ0n) is 10.2. The van der Waals surface area contributed by atoms with Crippen molar-refractivity contribution in [2.24, 2.45) is 0 Å². The summed E-state index contributed by atoms with van der Waals surface area (Å²) < 4.78 is 1.20. The second kappa shape index (κ2) is 5.38. The molecule has 1 fully saturated rings. The van der Waals surface area contributed by atoms with E-state index in [-0.39, 0.29) is 0 Å². The van der Waals surface area contributed by atoms with Crippen LogP contribution in [0.2, 0.25) is 0 Å². The molecule has 18 heavy (non-hydrogen) atoms. The lowest BCUT2D eigenvalue weighted by atomic mass is 9.89. The summed E-state index contributed by atoms with van der Waals surface area (Å²) in [5, 5.41) is 7.52. The maximum atomic E-state index is 4.69. The molecule has 3 nitrogen and oxygen atoms in total. The van der Waals surface area contributed by atoms with Gasteiger partial charge in [0.25, 0.3) is 0 Å². The van der Waals surface area contributed by atoms with E-state index in [0.29, 0.717) is 5.92 Å². The molecule has 1 saturated carbocycles. The Labute approximate surface area is 121 Å². The van der Waals surface area contributed by atoms with E-state index in [0.717, 1.165) is 17.2 Å². The van der Waals surface area contributed by atoms with E-state index in [1.165, 1.54) is 35.7 Å². The van der Waals surface area contributed by atoms with Crippen LogP contribution in [-0.4, -0.2) is 15.2 Å². The second-order valence-electron chi connectivity index (χ2n) is 4.86. The van der Waals surface area contributed by atoms with Gasteiger partial charge >= 0.3 is 0 Å². The predicted molar refractivity (Wildman–Crippen MR) is 80.4 cm³/mol. The first-order chi connectivity index (χ1) is 8.84. The smallest absolute Gasteiger partial charge is 0.182 e. The fourth-order valence-electron chi connectivity index (χ4n) is 2.60. The van der Waals surface area contributed by atoms with Crippen LogP contribution >= 0.6 is 22.6 Å². The first-order valence-corrected chi connectivity index (χ1v) is 7.59. The molecule has 0 radical (unpaired) electrons. The fraction of sp³-hybridized carbons (Fsp3) is 0.429. The molecule has 4 heteroatoms. The highest BCUT2D eigenvalue weighted by atomic mass is 127. The summed E-state index contributed by atoms with van der Waals surface area (Å²) in [6, 6.07) is 8.25. The van der Waals surface area contributed by atoms with Crippen LogP contribution in [0.5, 0.6) is 0 Å². The molecule has 0 atom stereocenters. The number of H-pyrrole nitrogens is 1. The van der Waals surface area contributed by atoms with Gasteiger partial charge in [0.1, 0.15) is 5.82 Å². The molecule has 1 heterocycles. The molecular formula is C14H16IN3. The van der Waals surface area contributed by atoms with Crippen LogP contribution < -0.4 is 0 Å². The number of aromatic nitrogens is 3. The van der Waals surface area contributed by atoms with Gasteiger partial charge in [-0.3, -0.25) is 5.10 Å². The Morgan fingerprint density at radius 2 is 1.89 bits per heavy atom. The molecule has 1 aliphatic rings. The largest absolute Gasteiger partial charge is 0.262 e. The van der Waals surface area contributed by atoms with Gasteiger partial charge in [-0.05, 0) is 41.5 Å². The Balaban J connectivity index is 1.87. The quantitative estimate of drug-likeness (QED) is 0.825. The lowest BCUT2D eigenvalue weighted by Gasteiger charge is -2.18. The summed E-state index contributed by atoms with van der Waals surface area (Å²) in [6.45, 7) is 0. The summed E-state index contributed by atoms with van der Waals surface area (Å²) in [7, 11) is 0. The van der Waals surface area contributed by atoms with E-state index in [9.17, 15) is 0 Å². The number of nitrogens with zero attached hydrogens (tertiary/aromatic N) is 2. The monoisotopic (exact) mass is 353 g/mol. The summed E-state index contributed by atoms with van der Waals surface area (Å²) >= 11 is 2.33. The summed E-state index contributed by atoms with van der Waals surface area (Å²) in [4.78, 5) is 4.69. The van der Waals surface area contributed by atoms with Gasteiger partial charge in [0.15, 0.2) is 5.82 Å². The first kappa shape index (κ1) is 12.1. The van der Waals surface area contributed by atoms with Crippen molar-refractivity contribution in [2.75, 3.05) is 0 Å². The highest BCUT2D eigenvalue weighted by molar-refractivity contribution is 14.1. The molecular weight excluding hydrogens is 337 g/mol. The van der Waals surface area contributed by atoms with E-state index in [2.05, 4.69) is 44.9 Å². The average Bonchev–Trinajstić information content (AvgIpc) is 2.90. The minimum absolute atomic E-state index is 0.585. The molecule has 0 saturated heterocycles. The minimum Gasteiger partial charge on any atom is -0.262 e. The SMILES string of the molecule is Ic1ccccc1-c1n[nH]c(C2CCCCC2)n1. The number of hydrogen-bond donors (Lipinski definition) is 1. The topological polar surface area (TPSA) is 41.6 Å².